The fourth-order valence-corrected chi connectivity index (χ4v) is 5.97. The summed E-state index contributed by atoms with van der Waals surface area (Å²) in [7, 11) is 2.14. The number of benzene rings is 4. The summed E-state index contributed by atoms with van der Waals surface area (Å²) < 4.78 is 3.31. The van der Waals surface area contributed by atoms with Gasteiger partial charge >= 0.3 is 0 Å². The van der Waals surface area contributed by atoms with E-state index in [4.69, 9.17) is 9.97 Å². The van der Waals surface area contributed by atoms with Gasteiger partial charge in [-0.3, -0.25) is 4.57 Å². The van der Waals surface area contributed by atoms with E-state index in [1.54, 1.807) is 11.3 Å². The van der Waals surface area contributed by atoms with Gasteiger partial charge in [-0.05, 0) is 23.8 Å². The highest BCUT2D eigenvalue weighted by Crippen LogP contribution is 2.39. The molecule has 0 aliphatic heterocycles. The Balaban J connectivity index is 1.57. The van der Waals surface area contributed by atoms with Crippen molar-refractivity contribution in [3.05, 3.63) is 109 Å². The topological polar surface area (TPSA) is 30.7 Å². The average molecular weight is 465 g/mol. The minimum Gasteiger partial charge on any atom is -0.278 e. The standard InChI is InChI=1S/C30H20BN3S/c31-21-15-16-26-23(17-21)22-13-7-8-14-25(22)34(26)30-32-24-18-27(19-9-3-1-4-10-19)35-29(24)28(33-30)20-11-5-2-6-12-20/h1-18H,31H2. The number of para-hydroxylation sites is 1. The van der Waals surface area contributed by atoms with Gasteiger partial charge in [0.1, 0.15) is 7.85 Å². The lowest BCUT2D eigenvalue weighted by Gasteiger charge is -2.09. The quantitative estimate of drug-likeness (QED) is 0.284. The molecule has 3 heterocycles. The molecule has 0 aliphatic carbocycles. The largest absolute Gasteiger partial charge is 0.278 e. The van der Waals surface area contributed by atoms with Crippen LogP contribution in [-0.2, 0) is 0 Å². The van der Waals surface area contributed by atoms with E-state index in [1.165, 1.54) is 26.7 Å². The van der Waals surface area contributed by atoms with E-state index in [1.807, 2.05) is 12.1 Å². The molecule has 0 spiro atoms. The molecule has 0 atom stereocenters. The zero-order chi connectivity index (χ0) is 23.4. The number of aromatic nitrogens is 3. The van der Waals surface area contributed by atoms with Crippen molar-refractivity contribution in [3.8, 4) is 27.6 Å². The van der Waals surface area contributed by atoms with E-state index >= 15 is 0 Å². The molecule has 0 fully saturated rings. The Morgan fingerprint density at radius 1 is 0.629 bits per heavy atom. The van der Waals surface area contributed by atoms with Crippen molar-refractivity contribution in [1.29, 1.82) is 0 Å². The van der Waals surface area contributed by atoms with Gasteiger partial charge in [0.2, 0.25) is 5.95 Å². The Hall–Kier alpha value is -4.22. The average Bonchev–Trinajstić information content (AvgIpc) is 3.48. The van der Waals surface area contributed by atoms with Gasteiger partial charge in [-0.25, -0.2) is 9.97 Å². The second-order valence-electron chi connectivity index (χ2n) is 8.80. The lowest BCUT2D eigenvalue weighted by atomic mass is 9.94. The van der Waals surface area contributed by atoms with Crippen molar-refractivity contribution in [3.63, 3.8) is 0 Å². The summed E-state index contributed by atoms with van der Waals surface area (Å²) in [5, 5.41) is 2.44. The van der Waals surface area contributed by atoms with Crippen LogP contribution in [0, 0.1) is 0 Å². The van der Waals surface area contributed by atoms with Gasteiger partial charge in [0.05, 0.1) is 26.9 Å². The molecule has 3 aromatic heterocycles. The molecule has 4 aromatic carbocycles. The number of hydrogen-bond donors (Lipinski definition) is 0. The minimum atomic E-state index is 0.698. The maximum Gasteiger partial charge on any atom is 0.235 e. The van der Waals surface area contributed by atoms with Crippen LogP contribution in [0.1, 0.15) is 0 Å². The van der Waals surface area contributed by atoms with E-state index in [0.29, 0.717) is 5.95 Å². The van der Waals surface area contributed by atoms with Crippen LogP contribution in [0.2, 0.25) is 0 Å². The molecular weight excluding hydrogens is 445 g/mol. The molecule has 35 heavy (non-hydrogen) atoms. The maximum atomic E-state index is 5.21. The van der Waals surface area contributed by atoms with Crippen LogP contribution in [0.4, 0.5) is 0 Å². The first-order chi connectivity index (χ1) is 17.3. The molecule has 0 unspecified atom stereocenters. The van der Waals surface area contributed by atoms with Crippen LogP contribution in [0.25, 0.3) is 59.7 Å². The molecular formula is C30H20BN3S. The zero-order valence-corrected chi connectivity index (χ0v) is 20.0. The summed E-state index contributed by atoms with van der Waals surface area (Å²) in [6, 6.07) is 38.3. The monoisotopic (exact) mass is 465 g/mol. The van der Waals surface area contributed by atoms with Crippen LogP contribution in [0.3, 0.4) is 0 Å². The second kappa shape index (κ2) is 7.93. The first-order valence-corrected chi connectivity index (χ1v) is 12.5. The fraction of sp³-hybridized carbons (Fsp3) is 0. The third-order valence-corrected chi connectivity index (χ3v) is 7.67. The number of thiophene rings is 1. The molecule has 7 aromatic rings. The number of nitrogens with zero attached hydrogens (tertiary/aromatic N) is 3. The van der Waals surface area contributed by atoms with Gasteiger partial charge in [0, 0.05) is 21.2 Å². The van der Waals surface area contributed by atoms with E-state index in [-0.39, 0.29) is 0 Å². The molecule has 164 valence electrons. The van der Waals surface area contributed by atoms with Crippen LogP contribution in [0.5, 0.6) is 0 Å². The number of rotatable bonds is 3. The molecule has 0 N–H and O–H groups in total. The second-order valence-corrected chi connectivity index (χ2v) is 9.85. The molecule has 0 saturated carbocycles. The third-order valence-electron chi connectivity index (χ3n) is 6.49. The summed E-state index contributed by atoms with van der Waals surface area (Å²) in [4.78, 5) is 11.5. The molecule has 0 saturated heterocycles. The van der Waals surface area contributed by atoms with Crippen LogP contribution >= 0.6 is 11.3 Å². The van der Waals surface area contributed by atoms with E-state index in [9.17, 15) is 0 Å². The molecule has 5 heteroatoms. The summed E-state index contributed by atoms with van der Waals surface area (Å²) in [6.07, 6.45) is 0. The predicted octanol–water partition coefficient (Wildman–Crippen LogP) is 6.38. The number of hydrogen-bond acceptors (Lipinski definition) is 3. The van der Waals surface area contributed by atoms with Crippen LogP contribution in [0.15, 0.2) is 109 Å². The molecule has 0 radical (unpaired) electrons. The summed E-state index contributed by atoms with van der Waals surface area (Å²) in [5.74, 6) is 0.698. The molecule has 7 rings (SSSR count). The van der Waals surface area contributed by atoms with E-state index < -0.39 is 0 Å². The van der Waals surface area contributed by atoms with Gasteiger partial charge < -0.3 is 0 Å². The summed E-state index contributed by atoms with van der Waals surface area (Å²) in [6.45, 7) is 0. The summed E-state index contributed by atoms with van der Waals surface area (Å²) >= 11 is 1.75. The van der Waals surface area contributed by atoms with Crippen molar-refractivity contribution in [1.82, 2.24) is 14.5 Å². The van der Waals surface area contributed by atoms with Crippen molar-refractivity contribution in [2.45, 2.75) is 0 Å². The highest BCUT2D eigenvalue weighted by atomic mass is 32.1. The molecule has 3 nitrogen and oxygen atoms in total. The van der Waals surface area contributed by atoms with Crippen molar-refractivity contribution >= 4 is 56.7 Å². The predicted molar refractivity (Wildman–Crippen MR) is 151 cm³/mol. The van der Waals surface area contributed by atoms with Crippen LogP contribution < -0.4 is 5.46 Å². The lowest BCUT2D eigenvalue weighted by molar-refractivity contribution is 1.02. The zero-order valence-electron chi connectivity index (χ0n) is 19.1. The lowest BCUT2D eigenvalue weighted by Crippen LogP contribution is -2.04. The first kappa shape index (κ1) is 20.2. The smallest absolute Gasteiger partial charge is 0.235 e. The maximum absolute atomic E-state index is 5.21. The minimum absolute atomic E-state index is 0.698. The molecule has 0 bridgehead atoms. The van der Waals surface area contributed by atoms with Gasteiger partial charge in [-0.2, -0.15) is 0 Å². The highest BCUT2D eigenvalue weighted by molar-refractivity contribution is 7.22. The highest BCUT2D eigenvalue weighted by Gasteiger charge is 2.19. The first-order valence-electron chi connectivity index (χ1n) is 11.7. The Morgan fingerprint density at radius 2 is 1.31 bits per heavy atom. The normalized spacial score (nSPS) is 11.5. The summed E-state index contributed by atoms with van der Waals surface area (Å²) in [5.41, 5.74) is 7.71. The van der Waals surface area contributed by atoms with Crippen LogP contribution in [-0.4, -0.2) is 22.4 Å². The van der Waals surface area contributed by atoms with E-state index in [0.717, 1.165) is 32.5 Å². The van der Waals surface area contributed by atoms with Gasteiger partial charge in [0.25, 0.3) is 0 Å². The van der Waals surface area contributed by atoms with Crippen molar-refractivity contribution in [2.75, 3.05) is 0 Å². The molecule has 0 amide bonds. The van der Waals surface area contributed by atoms with E-state index in [2.05, 4.69) is 109 Å². The number of fused-ring (bicyclic) bond motifs is 4. The third kappa shape index (κ3) is 3.28. The Kier molecular flexibility index (Phi) is 4.57. The van der Waals surface area contributed by atoms with Gasteiger partial charge in [0.15, 0.2) is 0 Å². The Bertz CT molecular complexity index is 1850. The SMILES string of the molecule is Bc1ccc2c(c1)c1ccccc1n2-c1nc(-c2ccccc2)c2sc(-c3ccccc3)cc2n1. The molecule has 0 aliphatic rings. The Labute approximate surface area is 207 Å². The Morgan fingerprint density at radius 3 is 2.11 bits per heavy atom. The van der Waals surface area contributed by atoms with Crippen molar-refractivity contribution in [2.24, 2.45) is 0 Å². The fourth-order valence-electron chi connectivity index (χ4n) is 4.86. The van der Waals surface area contributed by atoms with Crippen molar-refractivity contribution < 1.29 is 0 Å². The van der Waals surface area contributed by atoms with Gasteiger partial charge in [-0.15, -0.1) is 11.3 Å². The van der Waals surface area contributed by atoms with Gasteiger partial charge in [-0.1, -0.05) is 96.5 Å².